The van der Waals surface area contributed by atoms with Crippen LogP contribution in [-0.4, -0.2) is 0 Å². The lowest BCUT2D eigenvalue weighted by Gasteiger charge is -2.25. The van der Waals surface area contributed by atoms with E-state index >= 15 is 0 Å². The van der Waals surface area contributed by atoms with Gasteiger partial charge in [-0.3, -0.25) is 0 Å². The van der Waals surface area contributed by atoms with E-state index in [1.807, 2.05) is 54.6 Å². The van der Waals surface area contributed by atoms with Crippen molar-refractivity contribution < 1.29 is 4.57 Å². The zero-order chi connectivity index (χ0) is 19.7. The minimum absolute atomic E-state index is 0.268. The molecule has 0 radical (unpaired) electrons. The average molecular weight is 407 g/mol. The van der Waals surface area contributed by atoms with Gasteiger partial charge in [-0.1, -0.05) is 92.2 Å². The van der Waals surface area contributed by atoms with Gasteiger partial charge in [-0.15, -0.1) is 0 Å². The zero-order valence-corrected chi connectivity index (χ0v) is 17.9. The first-order valence-corrected chi connectivity index (χ1v) is 12.0. The Morgan fingerprint density at radius 2 is 1.43 bits per heavy atom. The summed E-state index contributed by atoms with van der Waals surface area (Å²) in [6, 6.07) is 26.2. The Morgan fingerprint density at radius 3 is 2.07 bits per heavy atom. The molecule has 0 saturated carbocycles. The molecular weight excluding hydrogens is 383 g/mol. The van der Waals surface area contributed by atoms with Gasteiger partial charge in [0.2, 0.25) is 0 Å². The summed E-state index contributed by atoms with van der Waals surface area (Å²) in [5, 5.41) is 3.71. The molecule has 0 saturated heterocycles. The third kappa shape index (κ3) is 2.98. The first-order valence-electron chi connectivity index (χ1n) is 9.87. The second-order valence-corrected chi connectivity index (χ2v) is 10.4. The first-order chi connectivity index (χ1) is 13.6. The van der Waals surface area contributed by atoms with Crippen LogP contribution < -0.4 is 10.6 Å². The predicted molar refractivity (Wildman–Crippen MR) is 121 cm³/mol. The molecule has 0 N–H and O–H groups in total. The zero-order valence-electron chi connectivity index (χ0n) is 16.2. The monoisotopic (exact) mass is 406 g/mol. The second-order valence-electron chi connectivity index (χ2n) is 7.24. The molecule has 0 fully saturated rings. The Bertz CT molecular complexity index is 1060. The molecule has 0 aromatic heterocycles. The molecule has 3 heteroatoms. The molecule has 3 aromatic carbocycles. The van der Waals surface area contributed by atoms with Crippen molar-refractivity contribution >= 4 is 34.9 Å². The highest BCUT2D eigenvalue weighted by atomic mass is 35.5. The van der Waals surface area contributed by atoms with E-state index in [1.54, 1.807) is 0 Å². The summed E-state index contributed by atoms with van der Waals surface area (Å²) >= 11 is 6.15. The molecule has 142 valence electrons. The Morgan fingerprint density at radius 1 is 0.821 bits per heavy atom. The fourth-order valence-electron chi connectivity index (χ4n) is 4.36. The Hall–Kier alpha value is -2.08. The van der Waals surface area contributed by atoms with Crippen LogP contribution in [0.4, 0.5) is 0 Å². The second kappa shape index (κ2) is 7.74. The molecule has 0 aliphatic carbocycles. The fourth-order valence-corrected chi connectivity index (χ4v) is 8.16. The summed E-state index contributed by atoms with van der Waals surface area (Å²) in [7, 11) is -2.90. The number of benzene rings is 3. The Labute approximate surface area is 172 Å². The largest absolute Gasteiger partial charge is 0.309 e. The third-order valence-electron chi connectivity index (χ3n) is 5.73. The van der Waals surface area contributed by atoms with E-state index < -0.39 is 7.14 Å². The summed E-state index contributed by atoms with van der Waals surface area (Å²) in [4.78, 5) is 0. The molecule has 1 aliphatic rings. The van der Waals surface area contributed by atoms with E-state index in [1.165, 1.54) is 0 Å². The summed E-state index contributed by atoms with van der Waals surface area (Å²) in [6.45, 7) is 4.39. The van der Waals surface area contributed by atoms with E-state index in [0.717, 1.165) is 45.5 Å². The van der Waals surface area contributed by atoms with Crippen molar-refractivity contribution in [1.82, 2.24) is 0 Å². The first kappa shape index (κ1) is 19.2. The van der Waals surface area contributed by atoms with Crippen molar-refractivity contribution in [3.05, 3.63) is 100 Å². The molecule has 1 aliphatic heterocycles. The van der Waals surface area contributed by atoms with Crippen LogP contribution in [0.2, 0.25) is 5.02 Å². The number of fused-ring (bicyclic) bond motifs is 1. The lowest BCUT2D eigenvalue weighted by Crippen LogP contribution is -2.18. The minimum atomic E-state index is -2.90. The van der Waals surface area contributed by atoms with E-state index in [4.69, 9.17) is 11.6 Å². The number of hydrogen-bond donors (Lipinski definition) is 0. The number of hydrogen-bond acceptors (Lipinski definition) is 1. The van der Waals surface area contributed by atoms with Crippen LogP contribution in [0.25, 0.3) is 5.57 Å². The van der Waals surface area contributed by atoms with Crippen molar-refractivity contribution in [2.75, 3.05) is 0 Å². The predicted octanol–water partition coefficient (Wildman–Crippen LogP) is 6.86. The number of rotatable bonds is 5. The van der Waals surface area contributed by atoms with Crippen LogP contribution in [0.5, 0.6) is 0 Å². The van der Waals surface area contributed by atoms with Gasteiger partial charge in [-0.2, -0.15) is 0 Å². The van der Waals surface area contributed by atoms with Crippen LogP contribution in [0.3, 0.4) is 0 Å². The van der Waals surface area contributed by atoms with Crippen molar-refractivity contribution in [2.45, 2.75) is 26.7 Å². The Kier molecular flexibility index (Phi) is 5.32. The van der Waals surface area contributed by atoms with Gasteiger partial charge in [0.1, 0.15) is 0 Å². The molecule has 1 unspecified atom stereocenters. The van der Waals surface area contributed by atoms with Gasteiger partial charge in [0.05, 0.1) is 0 Å². The molecule has 1 nitrogen and oxygen atoms in total. The number of halogens is 1. The van der Waals surface area contributed by atoms with E-state index in [0.29, 0.717) is 5.02 Å². The summed E-state index contributed by atoms with van der Waals surface area (Å²) < 4.78 is 14.9. The van der Waals surface area contributed by atoms with Gasteiger partial charge in [-0.25, -0.2) is 0 Å². The molecular formula is C25H24ClOP. The minimum Gasteiger partial charge on any atom is -0.309 e. The smallest absolute Gasteiger partial charge is 0.168 e. The maximum absolute atomic E-state index is 14.9. The molecule has 3 aromatic rings. The van der Waals surface area contributed by atoms with Gasteiger partial charge in [0, 0.05) is 20.9 Å². The van der Waals surface area contributed by atoms with Crippen LogP contribution in [0.1, 0.15) is 37.8 Å². The fraction of sp³-hybridized carbons (Fsp3) is 0.200. The summed E-state index contributed by atoms with van der Waals surface area (Å²) in [5.74, 6) is 0.268. The van der Waals surface area contributed by atoms with Gasteiger partial charge < -0.3 is 4.57 Å². The highest BCUT2D eigenvalue weighted by molar-refractivity contribution is 7.83. The van der Waals surface area contributed by atoms with Crippen LogP contribution >= 0.6 is 18.7 Å². The van der Waals surface area contributed by atoms with Crippen molar-refractivity contribution in [1.29, 1.82) is 0 Å². The standard InChI is InChI=1S/C25H24ClOP/c1-3-18(4-2)25-24(19-14-16-20(26)17-15-19)22-12-8-9-13-23(22)28(25,27)21-10-6-5-7-11-21/h5-18H,3-4H2,1-2H3. The van der Waals surface area contributed by atoms with E-state index in [9.17, 15) is 4.57 Å². The topological polar surface area (TPSA) is 17.1 Å². The van der Waals surface area contributed by atoms with E-state index in [2.05, 4.69) is 38.1 Å². The molecule has 1 heterocycles. The maximum atomic E-state index is 14.9. The van der Waals surface area contributed by atoms with Crippen LogP contribution in [-0.2, 0) is 4.57 Å². The third-order valence-corrected chi connectivity index (χ3v) is 9.35. The van der Waals surface area contributed by atoms with Gasteiger partial charge >= 0.3 is 0 Å². The SMILES string of the molecule is CCC(CC)C1=C(c2ccc(Cl)cc2)c2ccccc2P1(=O)c1ccccc1. The molecule has 28 heavy (non-hydrogen) atoms. The van der Waals surface area contributed by atoms with Crippen molar-refractivity contribution in [3.63, 3.8) is 0 Å². The quantitative estimate of drug-likeness (QED) is 0.423. The van der Waals surface area contributed by atoms with E-state index in [-0.39, 0.29) is 5.92 Å². The van der Waals surface area contributed by atoms with Crippen molar-refractivity contribution in [2.24, 2.45) is 5.92 Å². The lowest BCUT2D eigenvalue weighted by atomic mass is 9.91. The van der Waals surface area contributed by atoms with Gasteiger partial charge in [0.25, 0.3) is 0 Å². The number of allylic oxidation sites excluding steroid dienone is 1. The van der Waals surface area contributed by atoms with Crippen LogP contribution in [0, 0.1) is 5.92 Å². The summed E-state index contributed by atoms with van der Waals surface area (Å²) in [6.07, 6.45) is 1.93. The molecule has 4 rings (SSSR count). The Balaban J connectivity index is 2.10. The highest BCUT2D eigenvalue weighted by Crippen LogP contribution is 2.64. The normalized spacial score (nSPS) is 18.6. The maximum Gasteiger partial charge on any atom is 0.168 e. The van der Waals surface area contributed by atoms with Gasteiger partial charge in [-0.05, 0) is 47.6 Å². The highest BCUT2D eigenvalue weighted by Gasteiger charge is 2.44. The summed E-state index contributed by atoms with van der Waals surface area (Å²) in [5.41, 5.74) is 3.32. The molecule has 0 bridgehead atoms. The lowest BCUT2D eigenvalue weighted by molar-refractivity contribution is 0.566. The van der Waals surface area contributed by atoms with Gasteiger partial charge in [0.15, 0.2) is 7.14 Å². The molecule has 1 atom stereocenters. The molecule has 0 spiro atoms. The van der Waals surface area contributed by atoms with Crippen LogP contribution in [0.15, 0.2) is 84.2 Å². The average Bonchev–Trinajstić information content (AvgIpc) is 3.01. The van der Waals surface area contributed by atoms with Crippen molar-refractivity contribution in [3.8, 4) is 0 Å². The molecule has 0 amide bonds.